The number of anilines is 2. The number of rotatable bonds is 33. The highest BCUT2D eigenvalue weighted by atomic mass is 16.6. The Bertz CT molecular complexity index is 4090. The normalized spacial score (nSPS) is 10.8. The summed E-state index contributed by atoms with van der Waals surface area (Å²) in [6, 6.07) is 42.3. The number of carbonyl (C=O) groups excluding carboxylic acids is 5. The van der Waals surface area contributed by atoms with Gasteiger partial charge in [-0.2, -0.15) is 0 Å². The number of nitrogen functional groups attached to an aromatic ring is 1. The molecule has 8 rings (SSSR count). The van der Waals surface area contributed by atoms with Crippen molar-refractivity contribution in [2.24, 2.45) is 111 Å². The highest BCUT2D eigenvalue weighted by molar-refractivity contribution is 5.91. The molecule has 1 aliphatic rings. The number of carbonyl (C=O) groups is 5. The molecule has 148 heavy (non-hydrogen) atoms. The molecule has 4 aromatic heterocycles. The van der Waals surface area contributed by atoms with Crippen molar-refractivity contribution >= 4 is 47.0 Å². The second-order valence-electron chi connectivity index (χ2n) is 47.0. The zero-order valence-corrected chi connectivity index (χ0v) is 104. The largest absolute Gasteiger partial charge is 0.465 e. The molecule has 20 nitrogen and oxygen atoms in total. The number of imidazole rings is 1. The van der Waals surface area contributed by atoms with Gasteiger partial charge in [-0.25, -0.2) is 19.6 Å². The molecule has 0 saturated carbocycles. The van der Waals surface area contributed by atoms with Crippen molar-refractivity contribution in [3.63, 3.8) is 0 Å². The Kier molecular flexibility index (Phi) is 102. The van der Waals surface area contributed by atoms with Crippen molar-refractivity contribution in [3.8, 4) is 0 Å². The van der Waals surface area contributed by atoms with Crippen LogP contribution in [-0.2, 0) is 68.8 Å². The van der Waals surface area contributed by atoms with E-state index in [-0.39, 0.29) is 29.7 Å². The molecule has 3 aromatic carbocycles. The molecule has 0 aliphatic carbocycles. The van der Waals surface area contributed by atoms with Gasteiger partial charge in [0.25, 0.3) is 0 Å². The molecule has 0 fully saturated rings. The number of H-pyrrole nitrogens is 1. The minimum absolute atomic E-state index is 0.175. The van der Waals surface area contributed by atoms with Crippen molar-refractivity contribution < 1.29 is 38.6 Å². The Labute approximate surface area is 911 Å². The predicted octanol–water partition coefficient (Wildman–Crippen LogP) is 32.8. The maximum atomic E-state index is 11.6. The summed E-state index contributed by atoms with van der Waals surface area (Å²) in [6.07, 6.45) is 29.8. The van der Waals surface area contributed by atoms with Gasteiger partial charge in [-0.1, -0.05) is 341 Å². The lowest BCUT2D eigenvalue weighted by Crippen LogP contribution is -2.29. The van der Waals surface area contributed by atoms with E-state index in [0.717, 1.165) is 148 Å². The van der Waals surface area contributed by atoms with E-state index in [9.17, 15) is 24.0 Å². The summed E-state index contributed by atoms with van der Waals surface area (Å²) in [5.41, 5.74) is 21.8. The number of nitrogens with two attached hydrogens (primary N) is 2. The molecule has 7 aromatic rings. The number of ether oxygens (including phenoxy) is 2. The number of aromatic amines is 1. The first kappa shape index (κ1) is 154. The van der Waals surface area contributed by atoms with Gasteiger partial charge in [0.15, 0.2) is 0 Å². The Morgan fingerprint density at radius 2 is 0.912 bits per heavy atom. The van der Waals surface area contributed by atoms with E-state index in [0.29, 0.717) is 90.5 Å². The summed E-state index contributed by atoms with van der Waals surface area (Å²) >= 11 is 0. The first-order chi connectivity index (χ1) is 68.8. The Balaban J connectivity index is -0.000000238. The quantitative estimate of drug-likeness (QED) is 0.0165. The molecule has 1 aliphatic heterocycles. The number of benzene rings is 3. The minimum Gasteiger partial charge on any atom is -0.465 e. The summed E-state index contributed by atoms with van der Waals surface area (Å²) < 4.78 is 9.89. The fourth-order valence-corrected chi connectivity index (χ4v) is 11.6. The highest BCUT2D eigenvalue weighted by Gasteiger charge is 2.18. The number of aliphatic hydroxyl groups excluding tert-OH is 1. The fraction of sp³-hybridized carbons (Fsp3) is 0.656. The van der Waals surface area contributed by atoms with Gasteiger partial charge in [-0.3, -0.25) is 34.7 Å². The molecule has 20 heteroatoms. The van der Waals surface area contributed by atoms with Gasteiger partial charge >= 0.3 is 12.1 Å². The van der Waals surface area contributed by atoms with E-state index in [1.807, 2.05) is 152 Å². The molecule has 8 N–H and O–H groups in total. The maximum Gasteiger partial charge on any atom is 0.413 e. The third-order valence-electron chi connectivity index (χ3n) is 20.0. The van der Waals surface area contributed by atoms with Crippen LogP contribution in [0.2, 0.25) is 0 Å². The summed E-state index contributed by atoms with van der Waals surface area (Å²) in [4.78, 5) is 83.0. The number of nitrogens with one attached hydrogen (secondary N) is 3. The SMILES string of the molecule is CC(C)C.CC(C)C(C)C.CC(C)CC(=O)N(C)C.CC(C)CC1=NC=CC1.CC(C)CCC(=O)N(C)C.CC(C)CCC(=O)NC(C)C.CC(C)CCN.CC(C)CCO.CC(C)Cc1cccc(N)c1.CC(C)Cc1cccc(NC(=O)OC(C)(C)C)n1.CC(C)Cc1ccccc1.CC(C)Cc1ccccn1.CC(C)Cc1cccnc1.CC(C)Cc1cnc[nH]1.CCC(C)C.COC(=O)c1ccccc1CC(C)C. The number of esters is 1. The van der Waals surface area contributed by atoms with Gasteiger partial charge in [-0.05, 0) is 290 Å². The first-order valence-electron chi connectivity index (χ1n) is 55.8. The number of pyridine rings is 3. The minimum atomic E-state index is -0.500. The molecule has 5 heterocycles. The second kappa shape index (κ2) is 98.3. The molecule has 0 bridgehead atoms. The smallest absolute Gasteiger partial charge is 0.413 e. The monoisotopic (exact) mass is 2060 g/mol. The summed E-state index contributed by atoms with van der Waals surface area (Å²) in [6.45, 7) is 89.0. The van der Waals surface area contributed by atoms with Crippen LogP contribution in [0.15, 0.2) is 176 Å². The number of hydrogen-bond donors (Lipinski definition) is 6. The van der Waals surface area contributed by atoms with Gasteiger partial charge in [0.1, 0.15) is 11.4 Å². The fourth-order valence-electron chi connectivity index (χ4n) is 11.6. The van der Waals surface area contributed by atoms with Crippen molar-refractivity contribution in [2.75, 3.05) is 59.5 Å². The molecule has 0 unspecified atom stereocenters. The predicted molar refractivity (Wildman–Crippen MR) is 645 cm³/mol. The average molecular weight is 2070 g/mol. The Morgan fingerprint density at radius 3 is 1.28 bits per heavy atom. The van der Waals surface area contributed by atoms with E-state index in [1.54, 1.807) is 50.4 Å². The van der Waals surface area contributed by atoms with Crippen molar-refractivity contribution in [1.29, 1.82) is 0 Å². The molecule has 0 saturated heterocycles. The molecule has 4 amide bonds. The van der Waals surface area contributed by atoms with Gasteiger partial charge < -0.3 is 46.1 Å². The van der Waals surface area contributed by atoms with Gasteiger partial charge in [0.05, 0.1) is 19.0 Å². The van der Waals surface area contributed by atoms with Crippen LogP contribution in [0, 0.1) is 101 Å². The lowest BCUT2D eigenvalue weighted by molar-refractivity contribution is -0.130. The van der Waals surface area contributed by atoms with E-state index in [1.165, 1.54) is 53.7 Å². The number of aromatic nitrogens is 5. The summed E-state index contributed by atoms with van der Waals surface area (Å²) in [7, 11) is 8.56. The lowest BCUT2D eigenvalue weighted by Gasteiger charge is -2.19. The number of nitrogens with zero attached hydrogens (tertiary/aromatic N) is 7. The first-order valence-corrected chi connectivity index (χ1v) is 55.8. The Morgan fingerprint density at radius 1 is 0.459 bits per heavy atom. The molecular weight excluding hydrogens is 1830 g/mol. The third kappa shape index (κ3) is 120. The van der Waals surface area contributed by atoms with E-state index in [2.05, 4.69) is 331 Å². The molecular formula is C128H230N12O8. The number of hydrogen-bond acceptors (Lipinski definition) is 15. The van der Waals surface area contributed by atoms with Crippen LogP contribution in [0.1, 0.15) is 398 Å². The van der Waals surface area contributed by atoms with E-state index < -0.39 is 11.7 Å². The number of aliphatic hydroxyl groups is 1. The van der Waals surface area contributed by atoms with Crippen LogP contribution >= 0.6 is 0 Å². The Hall–Kier alpha value is -9.40. The van der Waals surface area contributed by atoms with Crippen LogP contribution in [0.4, 0.5) is 16.3 Å². The van der Waals surface area contributed by atoms with Crippen LogP contribution in [0.3, 0.4) is 0 Å². The highest BCUT2D eigenvalue weighted by Crippen LogP contribution is 2.19. The average Bonchev–Trinajstić information content (AvgIpc) is 0.900. The van der Waals surface area contributed by atoms with Crippen molar-refractivity contribution in [2.45, 2.75) is 405 Å². The number of amides is 4. The molecule has 0 radical (unpaired) electrons. The topological polar surface area (TPSA) is 286 Å². The van der Waals surface area contributed by atoms with Crippen LogP contribution in [-0.4, -0.2) is 135 Å². The van der Waals surface area contributed by atoms with Gasteiger partial charge in [0.2, 0.25) is 17.7 Å². The molecule has 0 atom stereocenters. The maximum absolute atomic E-state index is 11.6. The second-order valence-corrected chi connectivity index (χ2v) is 47.0. The van der Waals surface area contributed by atoms with E-state index in [4.69, 9.17) is 26.0 Å². The zero-order chi connectivity index (χ0) is 116. The standard InChI is InChI=1S/C14H22N2O2.C12H16O2.C10H15N.C10H14.C9H19NO.2C9H13N.C8H17NO.C8H13N.C7H12N2.C7H15NO.C6H14.C5H13N.C5H12O.C5H12.C4H10/c1-10(2)9-11-7-6-8-12(15-11)16-13(17)18-14(3,4)5;1-9(2)8-10-6-4-5-7-11(10)12(13)14-3;1-8(2)6-9-4-3-5-10(11)7-9;1-9(2)8-10-6-4-3-5-7-10;1-7(2)5-6-9(11)10-8(3)4;1-8(2)6-9-4-3-5-10-7-9;1-8(2)7-9-5-3-4-6-10-9;1-7(2)5-6-8(10)9(3)4;1-7(2)6-8-4-3-5-9-8;1-6(2)3-7-4-8-5-9-7;1-6(2)5-7(9)8(3)4;1-5(2)6(3)4;2*1-5(2)3-4-6;1-4-5(2)3;1-4(2)3/h6-8,10H,9H2,1-5H3,(H,15,16,17);4-7,9H,8H2,1-3H3;3-5,7-8H,6,11H2,1-2H3;3-7,9H,8H2,1-2H3;7-8H,5-6H2,1-4H3,(H,10,11);3-5,7-8H,6H2,1-2H3;3-6,8H,7H2,1-2H3;7H,5-6H2,1-4H3;3,5,7H,4,6H2,1-2H3;4-6H,3H2,1-2H3,(H,8,9);6H,5H2,1-4H3;5-6H,1-4H3;5H,3-4,6H2,1-2H3;5-6H,3-4H2,1-2H3;5H,4H2,1-3H3;4H,1-3H3. The van der Waals surface area contributed by atoms with Crippen LogP contribution < -0.4 is 22.1 Å². The van der Waals surface area contributed by atoms with Crippen molar-refractivity contribution in [3.05, 3.63) is 216 Å². The van der Waals surface area contributed by atoms with Gasteiger partial charge in [0, 0.05) is 126 Å². The summed E-state index contributed by atoms with van der Waals surface area (Å²) in [5.74, 6) is 12.9. The molecule has 850 valence electrons. The third-order valence-corrected chi connectivity index (χ3v) is 20.0. The number of aliphatic imine (C=N–C) groups is 1. The van der Waals surface area contributed by atoms with E-state index >= 15 is 0 Å². The molecule has 0 spiro atoms. The number of methoxy groups -OCH3 is 1. The van der Waals surface area contributed by atoms with Crippen LogP contribution in [0.25, 0.3) is 0 Å². The lowest BCUT2D eigenvalue weighted by atomic mass is 9.98. The van der Waals surface area contributed by atoms with Gasteiger partial charge in [-0.15, -0.1) is 0 Å². The van der Waals surface area contributed by atoms with Crippen molar-refractivity contribution in [1.82, 2.24) is 40.0 Å². The summed E-state index contributed by atoms with van der Waals surface area (Å²) in [5, 5.41) is 13.7. The number of allylic oxidation sites excluding steroid dienone is 1. The van der Waals surface area contributed by atoms with Crippen LogP contribution in [0.5, 0.6) is 0 Å². The zero-order valence-electron chi connectivity index (χ0n) is 104.